The van der Waals surface area contributed by atoms with Gasteiger partial charge in [-0.3, -0.25) is 14.3 Å². The summed E-state index contributed by atoms with van der Waals surface area (Å²) in [5, 5.41) is 23.7. The summed E-state index contributed by atoms with van der Waals surface area (Å²) in [6.45, 7) is 0.402. The van der Waals surface area contributed by atoms with E-state index in [-0.39, 0.29) is 22.8 Å². The van der Waals surface area contributed by atoms with Gasteiger partial charge in [-0.1, -0.05) is 36.4 Å². The highest BCUT2D eigenvalue weighted by atomic mass is 16.3. The molecule has 0 bridgehead atoms. The molecule has 0 radical (unpaired) electrons. The molecule has 0 aliphatic heterocycles. The van der Waals surface area contributed by atoms with Gasteiger partial charge in [0.05, 0.1) is 17.8 Å². The fourth-order valence-electron chi connectivity index (χ4n) is 4.20. The van der Waals surface area contributed by atoms with Crippen molar-refractivity contribution in [3.8, 4) is 28.6 Å². The van der Waals surface area contributed by atoms with E-state index < -0.39 is 0 Å². The molecule has 0 unspecified atom stereocenters. The van der Waals surface area contributed by atoms with Gasteiger partial charge in [0.15, 0.2) is 0 Å². The number of nitrogens with zero attached hydrogens (tertiary/aromatic N) is 5. The number of benzene rings is 2. The van der Waals surface area contributed by atoms with Crippen LogP contribution in [0, 0.1) is 11.3 Å². The molecule has 36 heavy (non-hydrogen) atoms. The van der Waals surface area contributed by atoms with Crippen molar-refractivity contribution in [3.63, 3.8) is 0 Å². The maximum absolute atomic E-state index is 14.0. The molecule has 176 valence electrons. The van der Waals surface area contributed by atoms with E-state index in [0.717, 1.165) is 16.8 Å². The Morgan fingerprint density at radius 3 is 2.67 bits per heavy atom. The van der Waals surface area contributed by atoms with E-state index in [4.69, 9.17) is 5.73 Å². The van der Waals surface area contributed by atoms with E-state index >= 15 is 0 Å². The summed E-state index contributed by atoms with van der Waals surface area (Å²) >= 11 is 0. The highest BCUT2D eigenvalue weighted by Crippen LogP contribution is 2.29. The van der Waals surface area contributed by atoms with Gasteiger partial charge in [0.1, 0.15) is 23.2 Å². The molecule has 0 aliphatic carbocycles. The second-order valence-corrected chi connectivity index (χ2v) is 8.09. The zero-order valence-corrected chi connectivity index (χ0v) is 19.1. The maximum atomic E-state index is 14.0. The number of nitrogen functional groups attached to an aromatic ring is 1. The fraction of sp³-hybridized carbons (Fsp3) is 0.0741. The Morgan fingerprint density at radius 2 is 1.89 bits per heavy atom. The number of nitrogens with one attached hydrogen (secondary N) is 1. The number of rotatable bonds is 6. The topological polar surface area (TPSA) is 143 Å². The van der Waals surface area contributed by atoms with Crippen LogP contribution in [0.1, 0.15) is 11.3 Å². The van der Waals surface area contributed by atoms with Crippen LogP contribution in [0.3, 0.4) is 0 Å². The summed E-state index contributed by atoms with van der Waals surface area (Å²) in [4.78, 5) is 26.0. The average molecular weight is 476 g/mol. The van der Waals surface area contributed by atoms with E-state index in [1.165, 1.54) is 12.4 Å². The Labute approximate surface area is 206 Å². The Bertz CT molecular complexity index is 1670. The molecule has 5 aromatic rings. The highest BCUT2D eigenvalue weighted by Gasteiger charge is 2.16. The summed E-state index contributed by atoms with van der Waals surface area (Å²) in [7, 11) is 0. The van der Waals surface area contributed by atoms with E-state index in [0.29, 0.717) is 35.3 Å². The van der Waals surface area contributed by atoms with Gasteiger partial charge in [-0.2, -0.15) is 10.2 Å². The van der Waals surface area contributed by atoms with E-state index in [2.05, 4.69) is 20.3 Å². The average Bonchev–Trinajstić information content (AvgIpc) is 2.89. The number of pyridine rings is 2. The first-order valence-electron chi connectivity index (χ1n) is 11.2. The molecule has 2 aromatic carbocycles. The zero-order valence-electron chi connectivity index (χ0n) is 19.1. The van der Waals surface area contributed by atoms with Crippen LogP contribution in [-0.2, 0) is 6.42 Å². The van der Waals surface area contributed by atoms with Gasteiger partial charge in [0.2, 0.25) is 5.95 Å². The van der Waals surface area contributed by atoms with E-state index in [9.17, 15) is 15.2 Å². The van der Waals surface area contributed by atoms with Crippen LogP contribution in [0.15, 0.2) is 84.0 Å². The SMILES string of the molecule is N#Cc1cnc(N)nc1NCCc1cc2cccc(-c3cncc(O)c3)c2c(=O)n1-c1ccccc1. The highest BCUT2D eigenvalue weighted by molar-refractivity contribution is 5.96. The third-order valence-corrected chi connectivity index (χ3v) is 5.77. The van der Waals surface area contributed by atoms with Crippen LogP contribution in [0.2, 0.25) is 0 Å². The van der Waals surface area contributed by atoms with Crippen LogP contribution in [-0.4, -0.2) is 31.2 Å². The number of anilines is 2. The normalized spacial score (nSPS) is 10.8. The summed E-state index contributed by atoms with van der Waals surface area (Å²) in [5.41, 5.74) is 8.62. The minimum absolute atomic E-state index is 0.0256. The van der Waals surface area contributed by atoms with Crippen LogP contribution in [0.5, 0.6) is 5.75 Å². The number of para-hydroxylation sites is 1. The van der Waals surface area contributed by atoms with Gasteiger partial charge in [-0.15, -0.1) is 0 Å². The number of aromatic nitrogens is 4. The number of hydrogen-bond acceptors (Lipinski definition) is 8. The molecule has 9 nitrogen and oxygen atoms in total. The van der Waals surface area contributed by atoms with Crippen molar-refractivity contribution < 1.29 is 5.11 Å². The molecule has 0 fully saturated rings. The number of nitrogens with two attached hydrogens (primary N) is 1. The van der Waals surface area contributed by atoms with Gasteiger partial charge < -0.3 is 16.2 Å². The molecule has 5 rings (SSSR count). The Morgan fingerprint density at radius 1 is 1.06 bits per heavy atom. The second kappa shape index (κ2) is 9.56. The predicted octanol–water partition coefficient (Wildman–Crippen LogP) is 3.66. The Balaban J connectivity index is 1.62. The van der Waals surface area contributed by atoms with Crippen molar-refractivity contribution in [3.05, 3.63) is 101 Å². The van der Waals surface area contributed by atoms with Crippen molar-refractivity contribution in [2.75, 3.05) is 17.6 Å². The lowest BCUT2D eigenvalue weighted by Crippen LogP contribution is -2.24. The molecule has 0 saturated carbocycles. The van der Waals surface area contributed by atoms with Crippen molar-refractivity contribution >= 4 is 22.5 Å². The standard InChI is InChI=1S/C27H21N7O2/c28-13-19-15-32-27(29)33-25(19)31-10-9-21-11-17-5-4-8-23(18-12-22(35)16-30-14-18)24(17)26(36)34(21)20-6-2-1-3-7-20/h1-8,11-12,14-16,35H,9-10H2,(H3,29,31,32,33). The molecular weight excluding hydrogens is 454 g/mol. The molecule has 4 N–H and O–H groups in total. The van der Waals surface area contributed by atoms with Crippen molar-refractivity contribution in [1.29, 1.82) is 5.26 Å². The number of nitriles is 1. The van der Waals surface area contributed by atoms with Crippen LogP contribution in [0.25, 0.3) is 27.6 Å². The van der Waals surface area contributed by atoms with Gasteiger partial charge in [-0.05, 0) is 35.2 Å². The minimum atomic E-state index is -0.184. The first-order valence-corrected chi connectivity index (χ1v) is 11.2. The summed E-state index contributed by atoms with van der Waals surface area (Å²) < 4.78 is 1.68. The monoisotopic (exact) mass is 475 g/mol. The minimum Gasteiger partial charge on any atom is -0.506 e. The van der Waals surface area contributed by atoms with Crippen molar-refractivity contribution in [2.24, 2.45) is 0 Å². The number of aromatic hydroxyl groups is 1. The molecule has 0 atom stereocenters. The Hall–Kier alpha value is -5.23. The third kappa shape index (κ3) is 4.31. The third-order valence-electron chi connectivity index (χ3n) is 5.77. The first kappa shape index (κ1) is 22.6. The molecule has 3 aromatic heterocycles. The molecule has 3 heterocycles. The van der Waals surface area contributed by atoms with Gasteiger partial charge in [0, 0.05) is 36.1 Å². The van der Waals surface area contributed by atoms with Crippen LogP contribution in [0.4, 0.5) is 11.8 Å². The lowest BCUT2D eigenvalue weighted by Gasteiger charge is -2.17. The summed E-state index contributed by atoms with van der Waals surface area (Å²) in [6, 6.07) is 20.6. The molecule has 0 aliphatic rings. The number of hydrogen-bond donors (Lipinski definition) is 3. The largest absolute Gasteiger partial charge is 0.506 e. The molecule has 0 saturated heterocycles. The summed E-state index contributed by atoms with van der Waals surface area (Å²) in [6.07, 6.45) is 4.81. The zero-order chi connectivity index (χ0) is 25.1. The number of fused-ring (bicyclic) bond motifs is 1. The second-order valence-electron chi connectivity index (χ2n) is 8.09. The summed E-state index contributed by atoms with van der Waals surface area (Å²) in [5.74, 6) is 0.438. The lowest BCUT2D eigenvalue weighted by atomic mass is 9.99. The van der Waals surface area contributed by atoms with Gasteiger partial charge >= 0.3 is 0 Å². The van der Waals surface area contributed by atoms with E-state index in [1.54, 1.807) is 16.8 Å². The van der Waals surface area contributed by atoms with E-state index in [1.807, 2.05) is 60.7 Å². The Kier molecular flexibility index (Phi) is 5.99. The molecule has 9 heteroatoms. The van der Waals surface area contributed by atoms with Crippen LogP contribution < -0.4 is 16.6 Å². The quantitative estimate of drug-likeness (QED) is 0.338. The fourth-order valence-corrected chi connectivity index (χ4v) is 4.20. The lowest BCUT2D eigenvalue weighted by molar-refractivity contribution is 0.473. The predicted molar refractivity (Wildman–Crippen MR) is 138 cm³/mol. The van der Waals surface area contributed by atoms with Crippen molar-refractivity contribution in [1.82, 2.24) is 19.5 Å². The van der Waals surface area contributed by atoms with Crippen molar-refractivity contribution in [2.45, 2.75) is 6.42 Å². The molecule has 0 amide bonds. The van der Waals surface area contributed by atoms with Gasteiger partial charge in [0.25, 0.3) is 5.56 Å². The maximum Gasteiger partial charge on any atom is 0.263 e. The van der Waals surface area contributed by atoms with Gasteiger partial charge in [-0.25, -0.2) is 4.98 Å². The van der Waals surface area contributed by atoms with Crippen LogP contribution >= 0.6 is 0 Å². The molecular formula is C27H21N7O2. The first-order chi connectivity index (χ1) is 17.5. The molecule has 0 spiro atoms. The smallest absolute Gasteiger partial charge is 0.263 e.